The van der Waals surface area contributed by atoms with Crippen LogP contribution < -0.4 is 4.90 Å². The second-order valence-corrected chi connectivity index (χ2v) is 15.1. The molecule has 0 N–H and O–H groups in total. The second-order valence-electron chi connectivity index (χ2n) is 14.1. The number of fused-ring (bicyclic) bond motifs is 10. The topological polar surface area (TPSA) is 3.24 Å². The van der Waals surface area contributed by atoms with Crippen molar-refractivity contribution in [3.8, 4) is 22.3 Å². The summed E-state index contributed by atoms with van der Waals surface area (Å²) in [4.78, 5) is 2.39. The highest BCUT2D eigenvalue weighted by Gasteiger charge is 2.17. The highest BCUT2D eigenvalue weighted by atomic mass is 32.1. The summed E-state index contributed by atoms with van der Waals surface area (Å²) in [5, 5.41) is 12.9. The van der Waals surface area contributed by atoms with E-state index in [-0.39, 0.29) is 0 Å². The molecule has 10 aromatic carbocycles. The number of thiophene rings is 1. The van der Waals surface area contributed by atoms with Gasteiger partial charge in [0.2, 0.25) is 0 Å². The van der Waals surface area contributed by atoms with Crippen molar-refractivity contribution in [2.24, 2.45) is 0 Å². The van der Waals surface area contributed by atoms with E-state index in [0.717, 1.165) is 17.1 Å². The van der Waals surface area contributed by atoms with Gasteiger partial charge in [-0.3, -0.25) is 0 Å². The van der Waals surface area contributed by atoms with Gasteiger partial charge in [0.05, 0.1) is 0 Å². The van der Waals surface area contributed by atoms with E-state index in [0.29, 0.717) is 0 Å². The Hall–Kier alpha value is -6.74. The minimum absolute atomic E-state index is 1.12. The molecule has 2 heteroatoms. The van der Waals surface area contributed by atoms with Gasteiger partial charge in [-0.1, -0.05) is 158 Å². The minimum atomic E-state index is 1.12. The van der Waals surface area contributed by atoms with E-state index in [1.165, 1.54) is 85.5 Å². The number of anilines is 3. The van der Waals surface area contributed by atoms with Gasteiger partial charge in [-0.2, -0.15) is 0 Å². The fourth-order valence-electron chi connectivity index (χ4n) is 8.42. The predicted molar refractivity (Wildman–Crippen MR) is 235 cm³/mol. The van der Waals surface area contributed by atoms with E-state index < -0.39 is 0 Å². The van der Waals surface area contributed by atoms with Gasteiger partial charge in [0, 0.05) is 37.2 Å². The number of rotatable bonds is 5. The van der Waals surface area contributed by atoms with Crippen LogP contribution in [0.1, 0.15) is 0 Å². The van der Waals surface area contributed by atoms with Crippen molar-refractivity contribution in [2.75, 3.05) is 4.90 Å². The van der Waals surface area contributed by atoms with Gasteiger partial charge < -0.3 is 4.90 Å². The molecule has 0 amide bonds. The van der Waals surface area contributed by atoms with Crippen molar-refractivity contribution >= 4 is 91.7 Å². The first-order valence-corrected chi connectivity index (χ1v) is 19.3. The Balaban J connectivity index is 1.06. The summed E-state index contributed by atoms with van der Waals surface area (Å²) >= 11 is 1.89. The molecule has 1 nitrogen and oxygen atoms in total. The lowest BCUT2D eigenvalue weighted by Gasteiger charge is -2.26. The first kappa shape index (κ1) is 30.8. The van der Waals surface area contributed by atoms with Crippen LogP contribution in [0.5, 0.6) is 0 Å². The summed E-state index contributed by atoms with van der Waals surface area (Å²) in [6, 6.07) is 73.4. The highest BCUT2D eigenvalue weighted by molar-refractivity contribution is 7.26. The standard InChI is InChI=1S/C52H33NS/c1-2-10-34(11-3-1)35-20-25-40(26-21-35)53(42-29-31-46-48-30-24-37-13-5-7-15-44(37)52(48)54-50(46)33-42)41-27-22-38(23-28-41)49-32-39-19-18-36-12-4-6-14-43(36)51(39)47-17-9-8-16-45(47)49/h1-33H. The SMILES string of the molecule is c1ccc(-c2ccc(N(c3ccc(-c4cc5ccc6ccccc6c5c5ccccc45)cc3)c3ccc4c(c3)sc3c5ccccc5ccc43)cc2)cc1. The van der Waals surface area contributed by atoms with Gasteiger partial charge in [-0.25, -0.2) is 0 Å². The van der Waals surface area contributed by atoms with Crippen LogP contribution in [0.2, 0.25) is 0 Å². The summed E-state index contributed by atoms with van der Waals surface area (Å²) < 4.78 is 2.63. The Labute approximate surface area is 317 Å². The van der Waals surface area contributed by atoms with Crippen LogP contribution in [0.3, 0.4) is 0 Å². The Morgan fingerprint density at radius 1 is 0.315 bits per heavy atom. The summed E-state index contributed by atoms with van der Waals surface area (Å²) in [7, 11) is 0. The average Bonchev–Trinajstić information content (AvgIpc) is 3.63. The molecule has 0 aliphatic heterocycles. The lowest BCUT2D eigenvalue weighted by molar-refractivity contribution is 1.29. The Morgan fingerprint density at radius 2 is 0.852 bits per heavy atom. The van der Waals surface area contributed by atoms with Crippen LogP contribution in [-0.4, -0.2) is 0 Å². The molecule has 0 atom stereocenters. The molecule has 54 heavy (non-hydrogen) atoms. The molecule has 1 heterocycles. The summed E-state index contributed by atoms with van der Waals surface area (Å²) in [6.45, 7) is 0. The van der Waals surface area contributed by atoms with Crippen LogP contribution in [0.4, 0.5) is 17.1 Å². The van der Waals surface area contributed by atoms with E-state index in [1.807, 2.05) is 11.3 Å². The van der Waals surface area contributed by atoms with E-state index in [1.54, 1.807) is 0 Å². The smallest absolute Gasteiger partial charge is 0.0476 e. The Morgan fingerprint density at radius 3 is 1.61 bits per heavy atom. The number of nitrogens with zero attached hydrogens (tertiary/aromatic N) is 1. The Kier molecular flexibility index (Phi) is 7.11. The molecule has 0 fully saturated rings. The molecule has 0 saturated carbocycles. The molecule has 0 spiro atoms. The van der Waals surface area contributed by atoms with E-state index in [4.69, 9.17) is 0 Å². The zero-order valence-corrected chi connectivity index (χ0v) is 30.2. The maximum atomic E-state index is 2.39. The largest absolute Gasteiger partial charge is 0.310 e. The molecule has 252 valence electrons. The minimum Gasteiger partial charge on any atom is -0.310 e. The molecule has 0 saturated heterocycles. The maximum Gasteiger partial charge on any atom is 0.0476 e. The van der Waals surface area contributed by atoms with Crippen molar-refractivity contribution in [3.05, 3.63) is 200 Å². The fourth-order valence-corrected chi connectivity index (χ4v) is 9.69. The summed E-state index contributed by atoms with van der Waals surface area (Å²) in [5.41, 5.74) is 8.26. The fraction of sp³-hybridized carbons (Fsp3) is 0. The maximum absolute atomic E-state index is 2.39. The number of hydrogen-bond donors (Lipinski definition) is 0. The monoisotopic (exact) mass is 703 g/mol. The Bertz CT molecular complexity index is 3190. The lowest BCUT2D eigenvalue weighted by Crippen LogP contribution is -2.09. The van der Waals surface area contributed by atoms with E-state index in [9.17, 15) is 0 Å². The number of benzene rings is 10. The van der Waals surface area contributed by atoms with Crippen molar-refractivity contribution in [1.29, 1.82) is 0 Å². The highest BCUT2D eigenvalue weighted by Crippen LogP contribution is 2.44. The summed E-state index contributed by atoms with van der Waals surface area (Å²) in [5.74, 6) is 0. The zero-order chi connectivity index (χ0) is 35.6. The zero-order valence-electron chi connectivity index (χ0n) is 29.4. The van der Waals surface area contributed by atoms with Crippen molar-refractivity contribution in [3.63, 3.8) is 0 Å². The van der Waals surface area contributed by atoms with Gasteiger partial charge >= 0.3 is 0 Å². The lowest BCUT2D eigenvalue weighted by atomic mass is 9.91. The quantitative estimate of drug-likeness (QED) is 0.161. The van der Waals surface area contributed by atoms with E-state index >= 15 is 0 Å². The van der Waals surface area contributed by atoms with Crippen LogP contribution in [0.15, 0.2) is 200 Å². The van der Waals surface area contributed by atoms with Crippen LogP contribution >= 0.6 is 11.3 Å². The third kappa shape index (κ3) is 4.99. The van der Waals surface area contributed by atoms with Gasteiger partial charge in [-0.05, 0) is 108 Å². The van der Waals surface area contributed by atoms with Crippen molar-refractivity contribution < 1.29 is 0 Å². The molecular weight excluding hydrogens is 671 g/mol. The molecule has 11 aromatic rings. The molecule has 11 rings (SSSR count). The summed E-state index contributed by atoms with van der Waals surface area (Å²) in [6.07, 6.45) is 0. The predicted octanol–water partition coefficient (Wildman–Crippen LogP) is 15.5. The third-order valence-corrected chi connectivity index (χ3v) is 12.2. The average molecular weight is 704 g/mol. The van der Waals surface area contributed by atoms with Crippen molar-refractivity contribution in [2.45, 2.75) is 0 Å². The first-order chi connectivity index (χ1) is 26.8. The van der Waals surface area contributed by atoms with E-state index in [2.05, 4.69) is 205 Å². The third-order valence-electron chi connectivity index (χ3n) is 11.0. The van der Waals surface area contributed by atoms with Gasteiger partial charge in [0.15, 0.2) is 0 Å². The van der Waals surface area contributed by atoms with Crippen LogP contribution in [0.25, 0.3) is 85.5 Å². The second kappa shape index (κ2) is 12.4. The first-order valence-electron chi connectivity index (χ1n) is 18.5. The van der Waals surface area contributed by atoms with Crippen LogP contribution in [-0.2, 0) is 0 Å². The van der Waals surface area contributed by atoms with Gasteiger partial charge in [0.25, 0.3) is 0 Å². The van der Waals surface area contributed by atoms with Crippen molar-refractivity contribution in [1.82, 2.24) is 0 Å². The molecule has 0 aliphatic carbocycles. The van der Waals surface area contributed by atoms with Crippen LogP contribution in [0, 0.1) is 0 Å². The molecule has 0 aliphatic rings. The molecule has 0 radical (unpaired) electrons. The van der Waals surface area contributed by atoms with Gasteiger partial charge in [0.1, 0.15) is 0 Å². The molecule has 0 bridgehead atoms. The molecule has 1 aromatic heterocycles. The molecule has 0 unspecified atom stereocenters. The number of hydrogen-bond acceptors (Lipinski definition) is 2. The molecular formula is C52H33NS. The normalized spacial score (nSPS) is 11.7. The van der Waals surface area contributed by atoms with Gasteiger partial charge in [-0.15, -0.1) is 11.3 Å².